The van der Waals surface area contributed by atoms with Crippen molar-refractivity contribution in [2.75, 3.05) is 42.8 Å². The van der Waals surface area contributed by atoms with Crippen molar-refractivity contribution < 1.29 is 24.2 Å². The Morgan fingerprint density at radius 1 is 0.862 bits per heavy atom. The zero-order valence-corrected chi connectivity index (χ0v) is 15.8. The van der Waals surface area contributed by atoms with Gasteiger partial charge >= 0.3 is 0 Å². The normalized spacial score (nSPS) is 21.9. The van der Waals surface area contributed by atoms with Crippen LogP contribution < -0.4 is 19.3 Å². The first kappa shape index (κ1) is 17.8. The van der Waals surface area contributed by atoms with Gasteiger partial charge in [0.1, 0.15) is 5.75 Å². The van der Waals surface area contributed by atoms with Gasteiger partial charge in [-0.25, -0.2) is 4.90 Å². The molecule has 2 aromatic carbocycles. The second-order valence-electron chi connectivity index (χ2n) is 7.36. The van der Waals surface area contributed by atoms with Crippen molar-refractivity contribution in [1.82, 2.24) is 4.90 Å². The Morgan fingerprint density at radius 2 is 1.55 bits per heavy atom. The molecule has 0 bridgehead atoms. The SMILES string of the molecule is O=C1C[C@@H](N2CCN(c3ccc(O)cc3)CC2)C(=O)N1c1ccc2c(c1)OCO2. The van der Waals surface area contributed by atoms with Gasteiger partial charge in [-0.3, -0.25) is 14.5 Å². The number of fused-ring (bicyclic) bond motifs is 1. The van der Waals surface area contributed by atoms with E-state index in [2.05, 4.69) is 9.80 Å². The van der Waals surface area contributed by atoms with Gasteiger partial charge in [-0.1, -0.05) is 0 Å². The Labute approximate surface area is 167 Å². The topological polar surface area (TPSA) is 82.6 Å². The van der Waals surface area contributed by atoms with Crippen LogP contribution in [0.5, 0.6) is 17.2 Å². The highest BCUT2D eigenvalue weighted by Crippen LogP contribution is 2.37. The molecule has 3 heterocycles. The first-order chi connectivity index (χ1) is 14.1. The van der Waals surface area contributed by atoms with E-state index in [-0.39, 0.29) is 30.8 Å². The zero-order chi connectivity index (χ0) is 20.0. The molecule has 1 N–H and O–H groups in total. The number of carbonyl (C=O) groups excluding carboxylic acids is 2. The molecule has 0 aliphatic carbocycles. The molecular formula is C21H21N3O5. The van der Waals surface area contributed by atoms with Crippen LogP contribution in [0.1, 0.15) is 6.42 Å². The lowest BCUT2D eigenvalue weighted by molar-refractivity contribution is -0.123. The van der Waals surface area contributed by atoms with Crippen LogP contribution in [0, 0.1) is 0 Å². The number of rotatable bonds is 3. The van der Waals surface area contributed by atoms with E-state index in [1.165, 1.54) is 4.90 Å². The van der Waals surface area contributed by atoms with Gasteiger partial charge in [0, 0.05) is 37.9 Å². The third kappa shape index (κ3) is 3.15. The van der Waals surface area contributed by atoms with Crippen molar-refractivity contribution in [3.8, 4) is 17.2 Å². The lowest BCUT2D eigenvalue weighted by Crippen LogP contribution is -2.52. The Hall–Kier alpha value is -3.26. The molecule has 2 fully saturated rings. The molecule has 0 aromatic heterocycles. The Bertz CT molecular complexity index is 953. The average molecular weight is 395 g/mol. The van der Waals surface area contributed by atoms with Crippen molar-refractivity contribution in [2.24, 2.45) is 0 Å². The first-order valence-corrected chi connectivity index (χ1v) is 9.64. The molecule has 5 rings (SSSR count). The number of nitrogens with zero attached hydrogens (tertiary/aromatic N) is 3. The minimum atomic E-state index is -0.435. The monoisotopic (exact) mass is 395 g/mol. The van der Waals surface area contributed by atoms with Gasteiger partial charge in [-0.05, 0) is 36.4 Å². The van der Waals surface area contributed by atoms with E-state index in [0.29, 0.717) is 30.3 Å². The number of piperazine rings is 1. The number of phenolic OH excluding ortho intramolecular Hbond substituents is 1. The Balaban J connectivity index is 1.27. The van der Waals surface area contributed by atoms with Crippen LogP contribution in [-0.4, -0.2) is 60.8 Å². The summed E-state index contributed by atoms with van der Waals surface area (Å²) in [4.78, 5) is 31.2. The van der Waals surface area contributed by atoms with Gasteiger partial charge in [-0.2, -0.15) is 0 Å². The summed E-state index contributed by atoms with van der Waals surface area (Å²) in [5.41, 5.74) is 1.56. The number of phenols is 1. The number of benzene rings is 2. The number of aromatic hydroxyl groups is 1. The lowest BCUT2D eigenvalue weighted by atomic mass is 10.1. The molecule has 2 saturated heterocycles. The van der Waals surface area contributed by atoms with Crippen LogP contribution in [0.4, 0.5) is 11.4 Å². The predicted molar refractivity (Wildman–Crippen MR) is 105 cm³/mol. The molecule has 2 aromatic rings. The quantitative estimate of drug-likeness (QED) is 0.790. The van der Waals surface area contributed by atoms with Gasteiger partial charge in [-0.15, -0.1) is 0 Å². The fourth-order valence-electron chi connectivity index (χ4n) is 4.15. The van der Waals surface area contributed by atoms with Crippen LogP contribution in [-0.2, 0) is 9.59 Å². The summed E-state index contributed by atoms with van der Waals surface area (Å²) in [5.74, 6) is 1.03. The van der Waals surface area contributed by atoms with E-state index >= 15 is 0 Å². The Kier molecular flexibility index (Phi) is 4.28. The molecule has 0 radical (unpaired) electrons. The number of hydrogen-bond acceptors (Lipinski definition) is 7. The maximum absolute atomic E-state index is 13.1. The van der Waals surface area contributed by atoms with Crippen LogP contribution in [0.2, 0.25) is 0 Å². The van der Waals surface area contributed by atoms with Crippen molar-refractivity contribution in [3.05, 3.63) is 42.5 Å². The number of carbonyl (C=O) groups is 2. The largest absolute Gasteiger partial charge is 0.508 e. The molecule has 0 saturated carbocycles. The number of amides is 2. The van der Waals surface area contributed by atoms with Crippen molar-refractivity contribution >= 4 is 23.2 Å². The van der Waals surface area contributed by atoms with E-state index in [0.717, 1.165) is 18.8 Å². The third-order valence-corrected chi connectivity index (χ3v) is 5.71. The maximum Gasteiger partial charge on any atom is 0.251 e. The van der Waals surface area contributed by atoms with Gasteiger partial charge < -0.3 is 19.5 Å². The van der Waals surface area contributed by atoms with Crippen LogP contribution >= 0.6 is 0 Å². The summed E-state index contributed by atoms with van der Waals surface area (Å²) in [6.45, 7) is 3.05. The maximum atomic E-state index is 13.1. The van der Waals surface area contributed by atoms with Crippen LogP contribution in [0.25, 0.3) is 0 Å². The average Bonchev–Trinajstić information content (AvgIpc) is 3.32. The molecule has 0 spiro atoms. The molecule has 8 nitrogen and oxygen atoms in total. The second kappa shape index (κ2) is 6.97. The lowest BCUT2D eigenvalue weighted by Gasteiger charge is -2.38. The van der Waals surface area contributed by atoms with Gasteiger partial charge in [0.05, 0.1) is 18.2 Å². The highest BCUT2D eigenvalue weighted by atomic mass is 16.7. The first-order valence-electron chi connectivity index (χ1n) is 9.64. The fourth-order valence-corrected chi connectivity index (χ4v) is 4.15. The number of imide groups is 1. The predicted octanol–water partition coefficient (Wildman–Crippen LogP) is 1.57. The van der Waals surface area contributed by atoms with Gasteiger partial charge in [0.2, 0.25) is 12.7 Å². The molecule has 29 heavy (non-hydrogen) atoms. The minimum absolute atomic E-state index is 0.147. The van der Waals surface area contributed by atoms with E-state index in [4.69, 9.17) is 9.47 Å². The standard InChI is InChI=1S/C21H21N3O5/c25-16-4-1-14(2-5-16)22-7-9-23(10-8-22)17-12-20(26)24(21(17)27)15-3-6-18-19(11-15)29-13-28-18/h1-6,11,17,25H,7-10,12-13H2/t17-/m1/s1. The highest BCUT2D eigenvalue weighted by Gasteiger charge is 2.43. The fraction of sp³-hybridized carbons (Fsp3) is 0.333. The minimum Gasteiger partial charge on any atom is -0.508 e. The van der Waals surface area contributed by atoms with E-state index in [1.807, 2.05) is 12.1 Å². The molecule has 3 aliphatic rings. The van der Waals surface area contributed by atoms with Crippen LogP contribution in [0.15, 0.2) is 42.5 Å². The van der Waals surface area contributed by atoms with E-state index < -0.39 is 6.04 Å². The van der Waals surface area contributed by atoms with E-state index in [9.17, 15) is 14.7 Å². The molecule has 8 heteroatoms. The van der Waals surface area contributed by atoms with Gasteiger partial charge in [0.15, 0.2) is 11.5 Å². The molecule has 150 valence electrons. The molecule has 2 amide bonds. The number of hydrogen-bond donors (Lipinski definition) is 1. The summed E-state index contributed by atoms with van der Waals surface area (Å²) < 4.78 is 10.7. The summed E-state index contributed by atoms with van der Waals surface area (Å²) >= 11 is 0. The Morgan fingerprint density at radius 3 is 2.31 bits per heavy atom. The smallest absolute Gasteiger partial charge is 0.251 e. The second-order valence-corrected chi connectivity index (χ2v) is 7.36. The van der Waals surface area contributed by atoms with Crippen molar-refractivity contribution in [2.45, 2.75) is 12.5 Å². The number of ether oxygens (including phenoxy) is 2. The third-order valence-electron chi connectivity index (χ3n) is 5.71. The molecule has 0 unspecified atom stereocenters. The zero-order valence-electron chi connectivity index (χ0n) is 15.8. The van der Waals surface area contributed by atoms with Gasteiger partial charge in [0.25, 0.3) is 5.91 Å². The summed E-state index contributed by atoms with van der Waals surface area (Å²) in [6.07, 6.45) is 0.187. The molecule has 1 atom stereocenters. The summed E-state index contributed by atoms with van der Waals surface area (Å²) in [6, 6.07) is 11.8. The summed E-state index contributed by atoms with van der Waals surface area (Å²) in [7, 11) is 0. The molecule has 3 aliphatic heterocycles. The number of anilines is 2. The van der Waals surface area contributed by atoms with Crippen LogP contribution in [0.3, 0.4) is 0 Å². The summed E-state index contributed by atoms with van der Waals surface area (Å²) in [5, 5.41) is 9.45. The molecular weight excluding hydrogens is 374 g/mol. The van der Waals surface area contributed by atoms with Crippen molar-refractivity contribution in [3.63, 3.8) is 0 Å². The van der Waals surface area contributed by atoms with Crippen molar-refractivity contribution in [1.29, 1.82) is 0 Å². The highest BCUT2D eigenvalue weighted by molar-refractivity contribution is 6.22. The van der Waals surface area contributed by atoms with E-state index in [1.54, 1.807) is 30.3 Å².